The number of pyridine rings is 2. The van der Waals surface area contributed by atoms with Crippen molar-refractivity contribution in [2.75, 3.05) is 25.0 Å². The van der Waals surface area contributed by atoms with Crippen LogP contribution in [0.15, 0.2) is 42.7 Å². The molecule has 2 aliphatic rings. The van der Waals surface area contributed by atoms with Crippen molar-refractivity contribution in [1.29, 1.82) is 5.26 Å². The number of ether oxygens (including phenoxy) is 1. The van der Waals surface area contributed by atoms with Gasteiger partial charge in [-0.1, -0.05) is 6.07 Å². The zero-order valence-electron chi connectivity index (χ0n) is 14.1. The number of rotatable bonds is 4. The third kappa shape index (κ3) is 3.63. The topological polar surface area (TPSA) is 74.1 Å². The molecule has 0 aliphatic carbocycles. The lowest BCUT2D eigenvalue weighted by Crippen LogP contribution is -2.33. The van der Waals surface area contributed by atoms with Crippen molar-refractivity contribution in [3.8, 4) is 6.07 Å². The van der Waals surface area contributed by atoms with Crippen molar-refractivity contribution in [2.24, 2.45) is 0 Å². The van der Waals surface area contributed by atoms with E-state index in [1.807, 2.05) is 24.5 Å². The Labute approximate surface area is 147 Å². The molecule has 2 unspecified atom stereocenters. The average molecular weight is 335 g/mol. The molecule has 6 nitrogen and oxygen atoms in total. The predicted octanol–water partition coefficient (Wildman–Crippen LogP) is 2.19. The van der Waals surface area contributed by atoms with Gasteiger partial charge in [-0.3, -0.25) is 9.88 Å². The maximum Gasteiger partial charge on any atom is 0.142 e. The van der Waals surface area contributed by atoms with E-state index in [9.17, 15) is 0 Å². The van der Waals surface area contributed by atoms with Crippen LogP contribution in [-0.2, 0) is 11.3 Å². The number of likely N-dealkylation sites (tertiary alicyclic amines) is 1. The summed E-state index contributed by atoms with van der Waals surface area (Å²) in [5.74, 6) is 0.747. The molecule has 2 aromatic rings. The van der Waals surface area contributed by atoms with Crippen LogP contribution in [-0.4, -0.2) is 46.2 Å². The molecule has 2 aliphatic heterocycles. The van der Waals surface area contributed by atoms with E-state index in [1.165, 1.54) is 5.56 Å². The molecule has 1 spiro atoms. The van der Waals surface area contributed by atoms with E-state index in [0.717, 1.165) is 38.3 Å². The van der Waals surface area contributed by atoms with Gasteiger partial charge in [-0.2, -0.15) is 5.26 Å². The number of hydrogen-bond donors (Lipinski definition) is 1. The monoisotopic (exact) mass is 335 g/mol. The van der Waals surface area contributed by atoms with Crippen molar-refractivity contribution >= 4 is 5.82 Å². The van der Waals surface area contributed by atoms with Crippen molar-refractivity contribution in [3.63, 3.8) is 0 Å². The van der Waals surface area contributed by atoms with Gasteiger partial charge in [0.1, 0.15) is 17.6 Å². The number of aromatic nitrogens is 2. The quantitative estimate of drug-likeness (QED) is 0.923. The Morgan fingerprint density at radius 3 is 3.04 bits per heavy atom. The molecule has 2 aromatic heterocycles. The highest BCUT2D eigenvalue weighted by Gasteiger charge is 2.45. The van der Waals surface area contributed by atoms with Crippen molar-refractivity contribution in [1.82, 2.24) is 14.9 Å². The van der Waals surface area contributed by atoms with Crippen molar-refractivity contribution < 1.29 is 4.74 Å². The summed E-state index contributed by atoms with van der Waals surface area (Å²) in [5, 5.41) is 12.4. The van der Waals surface area contributed by atoms with Crippen LogP contribution in [0.1, 0.15) is 24.1 Å². The van der Waals surface area contributed by atoms with Crippen LogP contribution in [0.4, 0.5) is 5.82 Å². The third-order valence-corrected chi connectivity index (χ3v) is 4.98. The first-order chi connectivity index (χ1) is 12.2. The average Bonchev–Trinajstić information content (AvgIpc) is 3.22. The maximum atomic E-state index is 8.97. The number of nitriles is 1. The van der Waals surface area contributed by atoms with Gasteiger partial charge >= 0.3 is 0 Å². The SMILES string of the molecule is N#Cc1cccc(NC2COC3(CCN(Cc4ccncc4)C3)C2)n1. The highest BCUT2D eigenvalue weighted by molar-refractivity contribution is 5.39. The molecule has 0 bridgehead atoms. The zero-order valence-corrected chi connectivity index (χ0v) is 14.1. The minimum atomic E-state index is -0.0580. The summed E-state index contributed by atoms with van der Waals surface area (Å²) in [4.78, 5) is 10.8. The van der Waals surface area contributed by atoms with Gasteiger partial charge < -0.3 is 10.1 Å². The minimum absolute atomic E-state index is 0.0580. The first kappa shape index (κ1) is 16.0. The number of anilines is 1. The van der Waals surface area contributed by atoms with Crippen LogP contribution in [0.3, 0.4) is 0 Å². The standard InChI is InChI=1S/C19H21N5O/c20-11-16-2-1-3-18(22-16)23-17-10-19(25-13-17)6-9-24(14-19)12-15-4-7-21-8-5-15/h1-5,7-8,17H,6,9-10,12-14H2,(H,22,23). The maximum absolute atomic E-state index is 8.97. The smallest absolute Gasteiger partial charge is 0.142 e. The molecule has 1 N–H and O–H groups in total. The van der Waals surface area contributed by atoms with Gasteiger partial charge in [-0.05, 0) is 36.2 Å². The number of hydrogen-bond acceptors (Lipinski definition) is 6. The summed E-state index contributed by atoms with van der Waals surface area (Å²) in [6.45, 7) is 3.63. The van der Waals surface area contributed by atoms with Gasteiger partial charge in [0.15, 0.2) is 0 Å². The number of nitrogens with zero attached hydrogens (tertiary/aromatic N) is 4. The van der Waals surface area contributed by atoms with E-state index in [0.29, 0.717) is 12.3 Å². The second-order valence-corrected chi connectivity index (χ2v) is 6.88. The lowest BCUT2D eigenvalue weighted by Gasteiger charge is -2.23. The zero-order chi connectivity index (χ0) is 17.1. The molecule has 25 heavy (non-hydrogen) atoms. The lowest BCUT2D eigenvalue weighted by atomic mass is 9.97. The van der Waals surface area contributed by atoms with Crippen LogP contribution in [0.2, 0.25) is 0 Å². The Kier molecular flexibility index (Phi) is 4.35. The van der Waals surface area contributed by atoms with Crippen molar-refractivity contribution in [3.05, 3.63) is 54.0 Å². The summed E-state index contributed by atoms with van der Waals surface area (Å²) >= 11 is 0. The molecular weight excluding hydrogens is 314 g/mol. The molecule has 0 aromatic carbocycles. The Morgan fingerprint density at radius 1 is 1.32 bits per heavy atom. The molecular formula is C19H21N5O. The van der Waals surface area contributed by atoms with E-state index in [-0.39, 0.29) is 11.6 Å². The fraction of sp³-hybridized carbons (Fsp3) is 0.421. The van der Waals surface area contributed by atoms with Gasteiger partial charge in [0.25, 0.3) is 0 Å². The van der Waals surface area contributed by atoms with Crippen LogP contribution < -0.4 is 5.32 Å². The molecule has 4 heterocycles. The van der Waals surface area contributed by atoms with Crippen LogP contribution in [0, 0.1) is 11.3 Å². The van der Waals surface area contributed by atoms with Crippen LogP contribution >= 0.6 is 0 Å². The molecule has 128 valence electrons. The van der Waals surface area contributed by atoms with E-state index >= 15 is 0 Å². The second kappa shape index (κ2) is 6.79. The summed E-state index contributed by atoms with van der Waals surface area (Å²) in [6.07, 6.45) is 5.71. The minimum Gasteiger partial charge on any atom is -0.371 e. The molecule has 0 saturated carbocycles. The van der Waals surface area contributed by atoms with E-state index in [2.05, 4.69) is 38.4 Å². The van der Waals surface area contributed by atoms with Gasteiger partial charge in [0.2, 0.25) is 0 Å². The largest absolute Gasteiger partial charge is 0.371 e. The molecule has 0 amide bonds. The lowest BCUT2D eigenvalue weighted by molar-refractivity contribution is 0.0120. The Hall–Kier alpha value is -2.49. The fourth-order valence-corrected chi connectivity index (χ4v) is 3.82. The molecule has 4 rings (SSSR count). The van der Waals surface area contributed by atoms with Gasteiger partial charge in [0.05, 0.1) is 18.2 Å². The first-order valence-corrected chi connectivity index (χ1v) is 8.64. The summed E-state index contributed by atoms with van der Waals surface area (Å²) in [6, 6.07) is 11.9. The van der Waals surface area contributed by atoms with Gasteiger partial charge in [0, 0.05) is 38.4 Å². The molecule has 2 atom stereocenters. The highest BCUT2D eigenvalue weighted by Crippen LogP contribution is 2.36. The van der Waals surface area contributed by atoms with E-state index < -0.39 is 0 Å². The normalized spacial score (nSPS) is 26.0. The summed E-state index contributed by atoms with van der Waals surface area (Å²) < 4.78 is 6.20. The van der Waals surface area contributed by atoms with Gasteiger partial charge in [-0.15, -0.1) is 0 Å². The second-order valence-electron chi connectivity index (χ2n) is 6.88. The predicted molar refractivity (Wildman–Crippen MR) is 93.8 cm³/mol. The van der Waals surface area contributed by atoms with Crippen LogP contribution in [0.5, 0.6) is 0 Å². The van der Waals surface area contributed by atoms with Crippen molar-refractivity contribution in [2.45, 2.75) is 31.0 Å². The molecule has 2 saturated heterocycles. The Bertz CT molecular complexity index is 775. The summed E-state index contributed by atoms with van der Waals surface area (Å²) in [7, 11) is 0. The fourth-order valence-electron chi connectivity index (χ4n) is 3.82. The van der Waals surface area contributed by atoms with Gasteiger partial charge in [-0.25, -0.2) is 4.98 Å². The van der Waals surface area contributed by atoms with E-state index in [4.69, 9.17) is 10.00 Å². The Balaban J connectivity index is 1.35. The van der Waals surface area contributed by atoms with Crippen LogP contribution in [0.25, 0.3) is 0 Å². The first-order valence-electron chi connectivity index (χ1n) is 8.64. The highest BCUT2D eigenvalue weighted by atomic mass is 16.5. The Morgan fingerprint density at radius 2 is 2.20 bits per heavy atom. The molecule has 0 radical (unpaired) electrons. The van der Waals surface area contributed by atoms with E-state index in [1.54, 1.807) is 6.07 Å². The summed E-state index contributed by atoms with van der Waals surface area (Å²) in [5.41, 5.74) is 1.66. The molecule has 6 heteroatoms. The third-order valence-electron chi connectivity index (χ3n) is 4.98. The number of nitrogens with one attached hydrogen (secondary N) is 1. The molecule has 2 fully saturated rings.